The number of carbonyl (C=O) groups is 2. The number of benzene rings is 2. The molecule has 168 valence electrons. The van der Waals surface area contributed by atoms with Crippen molar-refractivity contribution in [1.82, 2.24) is 10.2 Å². The molecule has 0 saturated carbocycles. The van der Waals surface area contributed by atoms with Gasteiger partial charge in [-0.1, -0.05) is 43.7 Å². The number of carbonyl (C=O) groups excluding carboxylic acids is 2. The lowest BCUT2D eigenvalue weighted by molar-refractivity contribution is -0.138. The molecule has 2 aromatic rings. The maximum Gasteiger partial charge on any atom is 0.242 e. The lowest BCUT2D eigenvalue weighted by atomic mass is 10.1. The highest BCUT2D eigenvalue weighted by Crippen LogP contribution is 2.19. The number of halogens is 1. The van der Waals surface area contributed by atoms with Crippen molar-refractivity contribution in [2.45, 2.75) is 45.0 Å². The lowest BCUT2D eigenvalue weighted by Gasteiger charge is -2.29. The molecule has 0 saturated heterocycles. The van der Waals surface area contributed by atoms with E-state index in [1.807, 2.05) is 24.3 Å². The Morgan fingerprint density at radius 2 is 1.97 bits per heavy atom. The van der Waals surface area contributed by atoms with Crippen LogP contribution in [0.5, 0.6) is 5.75 Å². The van der Waals surface area contributed by atoms with Crippen molar-refractivity contribution in [3.05, 3.63) is 65.5 Å². The first kappa shape index (κ1) is 24.7. The van der Waals surface area contributed by atoms with Gasteiger partial charge in [0.2, 0.25) is 11.8 Å². The van der Waals surface area contributed by atoms with Crippen LogP contribution >= 0.6 is 11.8 Å². The summed E-state index contributed by atoms with van der Waals surface area (Å²) in [4.78, 5) is 27.3. The number of amides is 2. The minimum Gasteiger partial charge on any atom is -0.497 e. The van der Waals surface area contributed by atoms with E-state index in [4.69, 9.17) is 4.74 Å². The van der Waals surface area contributed by atoms with E-state index in [2.05, 4.69) is 12.2 Å². The summed E-state index contributed by atoms with van der Waals surface area (Å²) < 4.78 is 19.1. The summed E-state index contributed by atoms with van der Waals surface area (Å²) in [6, 6.07) is 13.4. The van der Waals surface area contributed by atoms with Crippen molar-refractivity contribution in [1.29, 1.82) is 0 Å². The number of hydrogen-bond donors (Lipinski definition) is 1. The third-order valence-electron chi connectivity index (χ3n) is 4.92. The molecule has 2 aromatic carbocycles. The van der Waals surface area contributed by atoms with Crippen LogP contribution in [0.25, 0.3) is 0 Å². The van der Waals surface area contributed by atoms with Gasteiger partial charge in [-0.3, -0.25) is 9.59 Å². The first-order chi connectivity index (χ1) is 15.0. The van der Waals surface area contributed by atoms with Gasteiger partial charge in [0.05, 0.1) is 12.9 Å². The van der Waals surface area contributed by atoms with Gasteiger partial charge < -0.3 is 15.0 Å². The molecule has 0 aliphatic rings. The molecule has 0 aromatic heterocycles. The molecule has 1 atom stereocenters. The van der Waals surface area contributed by atoms with Gasteiger partial charge in [0.15, 0.2) is 0 Å². The normalized spacial score (nSPS) is 11.6. The predicted molar refractivity (Wildman–Crippen MR) is 123 cm³/mol. The molecule has 0 heterocycles. The molecular formula is C24H31FN2O3S. The van der Waals surface area contributed by atoms with E-state index in [9.17, 15) is 14.0 Å². The number of methoxy groups -OCH3 is 1. The van der Waals surface area contributed by atoms with E-state index >= 15 is 0 Å². The van der Waals surface area contributed by atoms with E-state index in [1.54, 1.807) is 37.1 Å². The van der Waals surface area contributed by atoms with Crippen molar-refractivity contribution in [3.63, 3.8) is 0 Å². The summed E-state index contributed by atoms with van der Waals surface area (Å²) >= 11 is 1.34. The number of hydrogen-bond acceptors (Lipinski definition) is 4. The Morgan fingerprint density at radius 1 is 1.19 bits per heavy atom. The Labute approximate surface area is 188 Å². The summed E-state index contributed by atoms with van der Waals surface area (Å²) in [6.07, 6.45) is 1.87. The largest absolute Gasteiger partial charge is 0.497 e. The van der Waals surface area contributed by atoms with Gasteiger partial charge in [0, 0.05) is 18.8 Å². The number of unbranched alkanes of at least 4 members (excludes halogenated alkanes) is 1. The number of rotatable bonds is 12. The maximum atomic E-state index is 13.8. The summed E-state index contributed by atoms with van der Waals surface area (Å²) in [5.41, 5.74) is 1.44. The first-order valence-corrected chi connectivity index (χ1v) is 11.6. The van der Waals surface area contributed by atoms with E-state index in [1.165, 1.54) is 17.8 Å². The number of thioether (sulfide) groups is 1. The molecule has 0 spiro atoms. The topological polar surface area (TPSA) is 58.6 Å². The summed E-state index contributed by atoms with van der Waals surface area (Å²) in [7, 11) is 1.59. The first-order valence-electron chi connectivity index (χ1n) is 10.5. The molecule has 0 aliphatic heterocycles. The van der Waals surface area contributed by atoms with E-state index in [0.29, 0.717) is 30.2 Å². The van der Waals surface area contributed by atoms with E-state index in [0.717, 1.165) is 18.4 Å². The van der Waals surface area contributed by atoms with Crippen molar-refractivity contribution in [3.8, 4) is 5.75 Å². The van der Waals surface area contributed by atoms with Gasteiger partial charge in [-0.2, -0.15) is 0 Å². The number of nitrogens with one attached hydrogen (secondary N) is 1. The molecule has 0 aliphatic carbocycles. The average Bonchev–Trinajstić information content (AvgIpc) is 2.78. The van der Waals surface area contributed by atoms with Crippen LogP contribution in [0.2, 0.25) is 0 Å². The minimum atomic E-state index is -0.621. The van der Waals surface area contributed by atoms with Crippen LogP contribution < -0.4 is 10.1 Å². The van der Waals surface area contributed by atoms with Gasteiger partial charge in [-0.25, -0.2) is 4.39 Å². The highest BCUT2D eigenvalue weighted by atomic mass is 32.2. The third kappa shape index (κ3) is 7.90. The molecule has 31 heavy (non-hydrogen) atoms. The standard InChI is InChI=1S/C24H31FN2O3S/c1-4-5-13-26-24(29)18(2)27(15-19-9-8-11-21(14-19)30-3)23(28)17-31-16-20-10-6-7-12-22(20)25/h6-12,14,18H,4-5,13,15-17H2,1-3H3,(H,26,29). The second-order valence-corrected chi connectivity index (χ2v) is 8.26. The zero-order chi connectivity index (χ0) is 22.6. The molecule has 0 radical (unpaired) electrons. The van der Waals surface area contributed by atoms with Gasteiger partial charge in [-0.15, -0.1) is 11.8 Å². The Balaban J connectivity index is 2.08. The zero-order valence-corrected chi connectivity index (χ0v) is 19.2. The van der Waals surface area contributed by atoms with Crippen LogP contribution in [-0.4, -0.2) is 42.2 Å². The quantitative estimate of drug-likeness (QED) is 0.491. The Hall–Kier alpha value is -2.54. The van der Waals surface area contributed by atoms with Crippen LogP contribution in [0.15, 0.2) is 48.5 Å². The fourth-order valence-electron chi connectivity index (χ4n) is 3.03. The minimum absolute atomic E-state index is 0.158. The molecule has 2 amide bonds. The molecular weight excluding hydrogens is 415 g/mol. The maximum absolute atomic E-state index is 13.8. The van der Waals surface area contributed by atoms with Crippen LogP contribution in [0.3, 0.4) is 0 Å². The van der Waals surface area contributed by atoms with Crippen LogP contribution in [-0.2, 0) is 21.9 Å². The predicted octanol–water partition coefficient (Wildman–Crippen LogP) is 4.40. The van der Waals surface area contributed by atoms with Crippen molar-refractivity contribution < 1.29 is 18.7 Å². The van der Waals surface area contributed by atoms with Gasteiger partial charge >= 0.3 is 0 Å². The molecule has 1 unspecified atom stereocenters. The van der Waals surface area contributed by atoms with E-state index < -0.39 is 6.04 Å². The molecule has 0 bridgehead atoms. The molecule has 7 heteroatoms. The fourth-order valence-corrected chi connectivity index (χ4v) is 3.93. The second-order valence-electron chi connectivity index (χ2n) is 7.28. The second kappa shape index (κ2) is 13.0. The SMILES string of the molecule is CCCCNC(=O)C(C)N(Cc1cccc(OC)c1)C(=O)CSCc1ccccc1F. The van der Waals surface area contributed by atoms with Crippen LogP contribution in [0, 0.1) is 5.82 Å². The zero-order valence-electron chi connectivity index (χ0n) is 18.4. The fraction of sp³-hybridized carbons (Fsp3) is 0.417. The highest BCUT2D eigenvalue weighted by Gasteiger charge is 2.26. The monoisotopic (exact) mass is 446 g/mol. The lowest BCUT2D eigenvalue weighted by Crippen LogP contribution is -2.48. The van der Waals surface area contributed by atoms with Crippen molar-refractivity contribution in [2.24, 2.45) is 0 Å². The van der Waals surface area contributed by atoms with Crippen molar-refractivity contribution in [2.75, 3.05) is 19.4 Å². The third-order valence-corrected chi connectivity index (χ3v) is 5.89. The van der Waals surface area contributed by atoms with Gasteiger partial charge in [-0.05, 0) is 42.7 Å². The Kier molecular flexibility index (Phi) is 10.4. The molecule has 5 nitrogen and oxygen atoms in total. The molecule has 1 N–H and O–H groups in total. The number of nitrogens with zero attached hydrogens (tertiary/aromatic N) is 1. The van der Waals surface area contributed by atoms with Crippen LogP contribution in [0.4, 0.5) is 4.39 Å². The smallest absolute Gasteiger partial charge is 0.242 e. The van der Waals surface area contributed by atoms with Gasteiger partial charge in [0.1, 0.15) is 17.6 Å². The Morgan fingerprint density at radius 3 is 2.68 bits per heavy atom. The molecule has 2 rings (SSSR count). The summed E-state index contributed by atoms with van der Waals surface area (Å²) in [5, 5.41) is 2.90. The average molecular weight is 447 g/mol. The summed E-state index contributed by atoms with van der Waals surface area (Å²) in [6.45, 7) is 4.67. The molecule has 0 fully saturated rings. The summed E-state index contributed by atoms with van der Waals surface area (Å²) in [5.74, 6) is 0.622. The number of ether oxygens (including phenoxy) is 1. The van der Waals surface area contributed by atoms with Gasteiger partial charge in [0.25, 0.3) is 0 Å². The van der Waals surface area contributed by atoms with Crippen LogP contribution in [0.1, 0.15) is 37.8 Å². The highest BCUT2D eigenvalue weighted by molar-refractivity contribution is 7.99. The van der Waals surface area contributed by atoms with E-state index in [-0.39, 0.29) is 23.4 Å². The van der Waals surface area contributed by atoms with Crippen molar-refractivity contribution >= 4 is 23.6 Å². The Bertz CT molecular complexity index is 862.